The van der Waals surface area contributed by atoms with Crippen LogP contribution in [0.2, 0.25) is 0 Å². The lowest BCUT2D eigenvalue weighted by molar-refractivity contribution is -0.117. The number of para-hydroxylation sites is 1. The zero-order chi connectivity index (χ0) is 17.2. The Labute approximate surface area is 168 Å². The van der Waals surface area contributed by atoms with Gasteiger partial charge < -0.3 is 27.3 Å². The molecule has 0 aliphatic heterocycles. The number of carbonyl (C=O) groups excluding carboxylic acids is 2. The fourth-order valence-electron chi connectivity index (χ4n) is 1.85. The lowest BCUT2D eigenvalue weighted by atomic mass is 10.1. The number of nitrogens with zero attached hydrogens (tertiary/aromatic N) is 1. The molecule has 0 aromatic heterocycles. The number of nitrogens with two attached hydrogens (primary N) is 3. The average molecular weight is 483 g/mol. The van der Waals surface area contributed by atoms with Crippen LogP contribution in [-0.2, 0) is 9.53 Å². The van der Waals surface area contributed by atoms with E-state index >= 15 is 0 Å². The van der Waals surface area contributed by atoms with Gasteiger partial charge in [0.1, 0.15) is 0 Å². The standard InChI is InChI=1S/C15H23N5O3.2BrH/c1-2-23-14(22)10-6-3-4-8-12(10)20-13(21)11(16)7-5-9-19-15(17)18;;/h3-4,6,8,11H,2,5,7,9,16H2,1H3,(H,20,21)(H4,17,18,19);2*1H/t11-;;/m0../s1. The van der Waals surface area contributed by atoms with Gasteiger partial charge >= 0.3 is 5.97 Å². The monoisotopic (exact) mass is 481 g/mol. The second-order valence-electron chi connectivity index (χ2n) is 4.81. The molecule has 7 N–H and O–H groups in total. The normalized spacial score (nSPS) is 10.5. The van der Waals surface area contributed by atoms with Crippen molar-refractivity contribution >= 4 is 57.5 Å². The number of nitrogens with one attached hydrogen (secondary N) is 1. The Kier molecular flexibility index (Phi) is 13.9. The van der Waals surface area contributed by atoms with Gasteiger partial charge in [0.15, 0.2) is 5.96 Å². The van der Waals surface area contributed by atoms with E-state index in [0.717, 1.165) is 0 Å². The fourth-order valence-corrected chi connectivity index (χ4v) is 1.85. The Morgan fingerprint density at radius 1 is 1.24 bits per heavy atom. The summed E-state index contributed by atoms with van der Waals surface area (Å²) in [6.07, 6.45) is 0.996. The number of hydrogen-bond acceptors (Lipinski definition) is 5. The molecular formula is C15H25Br2N5O3. The SMILES string of the molecule is Br.Br.CCOC(=O)c1ccccc1NC(=O)[C@@H](N)CCCN=C(N)N. The molecule has 1 aromatic carbocycles. The Morgan fingerprint density at radius 3 is 2.48 bits per heavy atom. The minimum atomic E-state index is -0.723. The van der Waals surface area contributed by atoms with Gasteiger partial charge in [-0.3, -0.25) is 9.79 Å². The third-order valence-electron chi connectivity index (χ3n) is 2.98. The van der Waals surface area contributed by atoms with Crippen molar-refractivity contribution in [2.24, 2.45) is 22.2 Å². The second-order valence-corrected chi connectivity index (χ2v) is 4.81. The first-order valence-electron chi connectivity index (χ1n) is 7.33. The highest BCUT2D eigenvalue weighted by atomic mass is 79.9. The van der Waals surface area contributed by atoms with Crippen molar-refractivity contribution in [2.45, 2.75) is 25.8 Å². The topological polar surface area (TPSA) is 146 Å². The highest BCUT2D eigenvalue weighted by molar-refractivity contribution is 8.93. The molecular weight excluding hydrogens is 458 g/mol. The van der Waals surface area contributed by atoms with Crippen LogP contribution in [0.5, 0.6) is 0 Å². The maximum Gasteiger partial charge on any atom is 0.340 e. The van der Waals surface area contributed by atoms with Crippen molar-refractivity contribution in [1.82, 2.24) is 0 Å². The van der Waals surface area contributed by atoms with Crippen molar-refractivity contribution in [2.75, 3.05) is 18.5 Å². The molecule has 0 bridgehead atoms. The van der Waals surface area contributed by atoms with Crippen LogP contribution in [0.3, 0.4) is 0 Å². The van der Waals surface area contributed by atoms with Crippen molar-refractivity contribution in [3.05, 3.63) is 29.8 Å². The molecule has 25 heavy (non-hydrogen) atoms. The Balaban J connectivity index is 0. The van der Waals surface area contributed by atoms with Crippen LogP contribution < -0.4 is 22.5 Å². The van der Waals surface area contributed by atoms with Gasteiger partial charge in [0.25, 0.3) is 0 Å². The van der Waals surface area contributed by atoms with Crippen molar-refractivity contribution in [1.29, 1.82) is 0 Å². The summed E-state index contributed by atoms with van der Waals surface area (Å²) < 4.78 is 4.95. The molecule has 0 spiro atoms. The number of halogens is 2. The molecule has 0 unspecified atom stereocenters. The number of rotatable bonds is 8. The number of hydrogen-bond donors (Lipinski definition) is 4. The van der Waals surface area contributed by atoms with E-state index in [1.165, 1.54) is 0 Å². The van der Waals surface area contributed by atoms with Crippen LogP contribution in [0.15, 0.2) is 29.3 Å². The maximum atomic E-state index is 12.1. The number of carbonyl (C=O) groups is 2. The summed E-state index contributed by atoms with van der Waals surface area (Å²) in [5, 5.41) is 2.65. The van der Waals surface area contributed by atoms with Crippen LogP contribution in [0.25, 0.3) is 0 Å². The minimum absolute atomic E-state index is 0. The van der Waals surface area contributed by atoms with Crippen molar-refractivity contribution in [3.8, 4) is 0 Å². The molecule has 1 amide bonds. The van der Waals surface area contributed by atoms with Gasteiger partial charge in [-0.25, -0.2) is 4.79 Å². The van der Waals surface area contributed by atoms with Gasteiger partial charge in [-0.2, -0.15) is 0 Å². The summed E-state index contributed by atoms with van der Waals surface area (Å²) in [4.78, 5) is 27.8. The van der Waals surface area contributed by atoms with Crippen LogP contribution in [-0.4, -0.2) is 37.0 Å². The number of anilines is 1. The average Bonchev–Trinajstić information content (AvgIpc) is 2.51. The van der Waals surface area contributed by atoms with Crippen LogP contribution in [0, 0.1) is 0 Å². The van der Waals surface area contributed by atoms with Gasteiger partial charge in [-0.15, -0.1) is 34.0 Å². The van der Waals surface area contributed by atoms with E-state index in [1.54, 1.807) is 31.2 Å². The van der Waals surface area contributed by atoms with E-state index in [-0.39, 0.29) is 58.0 Å². The first-order chi connectivity index (χ1) is 11.0. The molecule has 0 saturated carbocycles. The highest BCUT2D eigenvalue weighted by Crippen LogP contribution is 2.16. The van der Waals surface area contributed by atoms with E-state index in [9.17, 15) is 9.59 Å². The third kappa shape index (κ3) is 9.42. The minimum Gasteiger partial charge on any atom is -0.462 e. The number of benzene rings is 1. The highest BCUT2D eigenvalue weighted by Gasteiger charge is 2.17. The molecule has 0 heterocycles. The predicted molar refractivity (Wildman–Crippen MR) is 110 cm³/mol. The lowest BCUT2D eigenvalue weighted by Crippen LogP contribution is -2.36. The first kappa shape index (κ1) is 25.6. The van der Waals surface area contributed by atoms with Crippen molar-refractivity contribution < 1.29 is 14.3 Å². The van der Waals surface area contributed by atoms with Gasteiger partial charge in [-0.05, 0) is 31.9 Å². The lowest BCUT2D eigenvalue weighted by Gasteiger charge is -2.14. The molecule has 1 atom stereocenters. The summed E-state index contributed by atoms with van der Waals surface area (Å²) in [5.41, 5.74) is 16.9. The molecule has 1 aromatic rings. The van der Waals surface area contributed by atoms with Crippen LogP contribution in [0.4, 0.5) is 5.69 Å². The molecule has 0 aliphatic carbocycles. The van der Waals surface area contributed by atoms with E-state index in [0.29, 0.717) is 25.1 Å². The molecule has 1 rings (SSSR count). The number of esters is 1. The van der Waals surface area contributed by atoms with E-state index < -0.39 is 12.0 Å². The van der Waals surface area contributed by atoms with E-state index in [4.69, 9.17) is 21.9 Å². The smallest absolute Gasteiger partial charge is 0.340 e. The second kappa shape index (κ2) is 13.6. The molecule has 142 valence electrons. The number of amides is 1. The molecule has 10 heteroatoms. The van der Waals surface area contributed by atoms with E-state index in [1.807, 2.05) is 0 Å². The Morgan fingerprint density at radius 2 is 1.88 bits per heavy atom. The van der Waals surface area contributed by atoms with Gasteiger partial charge in [0.2, 0.25) is 5.91 Å². The summed E-state index contributed by atoms with van der Waals surface area (Å²) in [7, 11) is 0. The van der Waals surface area contributed by atoms with Gasteiger partial charge in [-0.1, -0.05) is 12.1 Å². The molecule has 0 aliphatic rings. The maximum absolute atomic E-state index is 12.1. The number of ether oxygens (including phenoxy) is 1. The molecule has 0 radical (unpaired) electrons. The third-order valence-corrected chi connectivity index (χ3v) is 2.98. The largest absolute Gasteiger partial charge is 0.462 e. The summed E-state index contributed by atoms with van der Waals surface area (Å²) in [5.74, 6) is -0.873. The Bertz CT molecular complexity index is 580. The zero-order valence-corrected chi connectivity index (χ0v) is 17.4. The van der Waals surface area contributed by atoms with Gasteiger partial charge in [0.05, 0.1) is 23.9 Å². The number of aliphatic imine (C=N–C) groups is 1. The Hall–Kier alpha value is -1.65. The quantitative estimate of drug-likeness (QED) is 0.190. The first-order valence-corrected chi connectivity index (χ1v) is 7.33. The summed E-state index contributed by atoms with van der Waals surface area (Å²) in [6, 6.07) is 5.88. The predicted octanol–water partition coefficient (Wildman–Crippen LogP) is 1.34. The molecule has 0 saturated heterocycles. The fraction of sp³-hybridized carbons (Fsp3) is 0.400. The summed E-state index contributed by atoms with van der Waals surface area (Å²) in [6.45, 7) is 2.37. The number of guanidine groups is 1. The molecule has 0 fully saturated rings. The van der Waals surface area contributed by atoms with Gasteiger partial charge in [0, 0.05) is 6.54 Å². The molecule has 8 nitrogen and oxygen atoms in total. The van der Waals surface area contributed by atoms with E-state index in [2.05, 4.69) is 10.3 Å². The summed E-state index contributed by atoms with van der Waals surface area (Å²) >= 11 is 0. The zero-order valence-electron chi connectivity index (χ0n) is 13.9. The van der Waals surface area contributed by atoms with Crippen LogP contribution in [0.1, 0.15) is 30.1 Å². The van der Waals surface area contributed by atoms with Crippen molar-refractivity contribution in [3.63, 3.8) is 0 Å². The van der Waals surface area contributed by atoms with Crippen LogP contribution >= 0.6 is 34.0 Å².